The second-order valence-corrected chi connectivity index (χ2v) is 27.4. The van der Waals surface area contributed by atoms with Crippen LogP contribution < -0.4 is 0 Å². The summed E-state index contributed by atoms with van der Waals surface area (Å²) in [6, 6.07) is 39.6. The van der Waals surface area contributed by atoms with Crippen LogP contribution in [0.5, 0.6) is 0 Å². The van der Waals surface area contributed by atoms with Gasteiger partial charge in [-0.3, -0.25) is 28.8 Å². The monoisotopic (exact) mass is 1480 g/mol. The Hall–Kier alpha value is -8.84. The Morgan fingerprint density at radius 2 is 0.904 bits per heavy atom. The smallest absolute Gasteiger partial charge is 0.338 e. The molecule has 104 heavy (non-hydrogen) atoms. The third-order valence-electron chi connectivity index (χ3n) is 17.1. The third kappa shape index (κ3) is 21.2. The SMILES string of the molecule is CCS[C@H]1O[C@H](CO[C@@H]2O[C@H](COC(=O)c3ccccc3)[C@@H](OC(=O)c3ccccc3)[C@H](OC(=O)c3ccccc3)[C@H]2OC(=O)c2ccccc2)[C@@H](OC(C)=O)[C@H](O[C@@H]2O[C@@H]3COC(c4ccccc4)O[C@H]3[C@H](OC(=O)CCl)[C@H]2OC(=O)C(C)(C)CCOC(C)=O)[C@H]1OC(=O)C(C)(C)CCOC(C)=O. The van der Waals surface area contributed by atoms with Crippen molar-refractivity contribution in [3.05, 3.63) is 179 Å². The van der Waals surface area contributed by atoms with Gasteiger partial charge in [-0.05, 0) is 94.8 Å². The van der Waals surface area contributed by atoms with Crippen molar-refractivity contribution in [2.75, 3.05) is 44.7 Å². The summed E-state index contributed by atoms with van der Waals surface area (Å²) in [7, 11) is 0. The minimum absolute atomic E-state index is 0.000873. The normalized spacial score (nSPS) is 25.9. The van der Waals surface area contributed by atoms with Crippen molar-refractivity contribution in [1.82, 2.24) is 0 Å². The number of alkyl halides is 1. The largest absolute Gasteiger partial charge is 0.466 e. The number of hydrogen-bond acceptors (Lipinski definition) is 28. The minimum Gasteiger partial charge on any atom is -0.466 e. The lowest BCUT2D eigenvalue weighted by Gasteiger charge is -2.51. The number of carbonyl (C=O) groups excluding carboxylic acids is 10. The Kier molecular flexibility index (Phi) is 28.4. The number of benzene rings is 5. The number of ether oxygens (including phenoxy) is 17. The Morgan fingerprint density at radius 1 is 0.452 bits per heavy atom. The molecule has 0 aliphatic carbocycles. The second-order valence-electron chi connectivity index (χ2n) is 25.7. The number of halogens is 1. The van der Waals surface area contributed by atoms with Crippen LogP contribution in [0.15, 0.2) is 152 Å². The van der Waals surface area contributed by atoms with Gasteiger partial charge in [0.15, 0.2) is 61.6 Å². The first-order valence-corrected chi connectivity index (χ1v) is 35.2. The summed E-state index contributed by atoms with van der Waals surface area (Å²) in [5.41, 5.74) is -3.61. The molecule has 5 aromatic rings. The van der Waals surface area contributed by atoms with Gasteiger partial charge in [0.1, 0.15) is 48.4 Å². The lowest BCUT2D eigenvalue weighted by Crippen LogP contribution is -2.68. The average molecular weight is 1480 g/mol. The van der Waals surface area contributed by atoms with Crippen molar-refractivity contribution >= 4 is 83.1 Å². The topological polar surface area (TPSA) is 328 Å². The second kappa shape index (κ2) is 37.2. The zero-order valence-electron chi connectivity index (χ0n) is 58.3. The highest BCUT2D eigenvalue weighted by atomic mass is 35.5. The standard InChI is InChI=1S/C75H83ClO27S/c1-9-104-71-63(103-73(86)75(7,8)36-38-88-44(3)78)60(101-70-62(102-72(85)74(5,6)35-37-87-43(2)77)58(96-54(80)39-76)57-52(94-70)41-90-68(100-57)50-33-23-14-24-34-50)55(92-45(4)79)53(95-71)42-91-69-61(99-67(84)49-31-21-13-22-32-49)59(98-66(83)48-29-19-12-20-30-48)56(97-65(82)47-27-17-11-18-28-47)51(93-69)40-89-64(81)46-25-15-10-16-26-46/h10-34,51-53,55-63,68-71H,9,35-42H2,1-8H3/t51-,52-,53-,55-,56-,57-,58+,59+,60+,61-,62-,63-,68?,69-,70+,71-/m1/s1. The first kappa shape index (κ1) is 79.3. The van der Waals surface area contributed by atoms with E-state index in [1.54, 1.807) is 110 Å². The molecule has 1 unspecified atom stereocenters. The van der Waals surface area contributed by atoms with Crippen molar-refractivity contribution in [2.24, 2.45) is 10.8 Å². The Bertz CT molecular complexity index is 3720. The van der Waals surface area contributed by atoms with E-state index in [0.29, 0.717) is 5.56 Å². The lowest BCUT2D eigenvalue weighted by molar-refractivity contribution is -0.379. The molecule has 0 radical (unpaired) electrons. The summed E-state index contributed by atoms with van der Waals surface area (Å²) in [4.78, 5) is 139. The van der Waals surface area contributed by atoms with E-state index >= 15 is 0 Å². The first-order chi connectivity index (χ1) is 49.8. The molecule has 4 aliphatic rings. The van der Waals surface area contributed by atoms with E-state index in [-0.39, 0.29) is 60.7 Å². The molecule has 0 amide bonds. The lowest BCUT2D eigenvalue weighted by atomic mass is 9.89. The fraction of sp³-hybridized carbons (Fsp3) is 0.467. The van der Waals surface area contributed by atoms with Crippen LogP contribution in [0.25, 0.3) is 0 Å². The van der Waals surface area contributed by atoms with Gasteiger partial charge < -0.3 is 80.5 Å². The van der Waals surface area contributed by atoms with E-state index in [0.717, 1.165) is 18.7 Å². The number of fused-ring (bicyclic) bond motifs is 1. The Morgan fingerprint density at radius 3 is 1.39 bits per heavy atom. The van der Waals surface area contributed by atoms with Crippen LogP contribution in [0.4, 0.5) is 0 Å². The van der Waals surface area contributed by atoms with Crippen molar-refractivity contribution in [2.45, 2.75) is 166 Å². The summed E-state index contributed by atoms with van der Waals surface area (Å²) in [6.45, 7) is 9.02. The Balaban J connectivity index is 1.17. The number of hydrogen-bond donors (Lipinski definition) is 0. The summed E-state index contributed by atoms with van der Waals surface area (Å²) < 4.78 is 108. The van der Waals surface area contributed by atoms with E-state index in [1.807, 2.05) is 0 Å². The highest BCUT2D eigenvalue weighted by Crippen LogP contribution is 2.43. The van der Waals surface area contributed by atoms with Crippen LogP contribution in [0, 0.1) is 10.8 Å². The maximum Gasteiger partial charge on any atom is 0.338 e. The number of rotatable bonds is 30. The number of carbonyl (C=O) groups is 10. The molecule has 9 rings (SSSR count). The molecule has 4 saturated heterocycles. The molecule has 0 bridgehead atoms. The van der Waals surface area contributed by atoms with Crippen LogP contribution in [0.3, 0.4) is 0 Å². The fourth-order valence-corrected chi connectivity index (χ4v) is 12.5. The van der Waals surface area contributed by atoms with Gasteiger partial charge in [-0.1, -0.05) is 110 Å². The number of thioether (sulfide) groups is 1. The maximum absolute atomic E-state index is 14.9. The minimum atomic E-state index is -1.97. The summed E-state index contributed by atoms with van der Waals surface area (Å²) in [5, 5.41) is 0. The average Bonchev–Trinajstić information content (AvgIpc) is 0.758. The summed E-state index contributed by atoms with van der Waals surface area (Å²) in [5.74, 6) is -9.44. The molecule has 5 aromatic carbocycles. The van der Waals surface area contributed by atoms with Gasteiger partial charge >= 0.3 is 59.7 Å². The van der Waals surface area contributed by atoms with Crippen LogP contribution in [0.1, 0.15) is 122 Å². The predicted octanol–water partition coefficient (Wildman–Crippen LogP) is 8.83. The van der Waals surface area contributed by atoms with E-state index < -0.39 is 187 Å². The van der Waals surface area contributed by atoms with Gasteiger partial charge in [0.25, 0.3) is 0 Å². The summed E-state index contributed by atoms with van der Waals surface area (Å²) >= 11 is 7.25. The first-order valence-electron chi connectivity index (χ1n) is 33.6. The summed E-state index contributed by atoms with van der Waals surface area (Å²) in [6.07, 6.45) is -25.6. The van der Waals surface area contributed by atoms with Crippen molar-refractivity contribution in [3.63, 3.8) is 0 Å². The van der Waals surface area contributed by atoms with Crippen molar-refractivity contribution in [3.8, 4) is 0 Å². The van der Waals surface area contributed by atoms with Crippen LogP contribution in [-0.2, 0) is 109 Å². The molecule has 558 valence electrons. The van der Waals surface area contributed by atoms with Crippen LogP contribution in [-0.4, -0.2) is 196 Å². The highest BCUT2D eigenvalue weighted by molar-refractivity contribution is 7.99. The molecule has 0 spiro atoms. The molecule has 0 aromatic heterocycles. The maximum atomic E-state index is 14.9. The molecule has 4 aliphatic heterocycles. The van der Waals surface area contributed by atoms with Crippen LogP contribution >= 0.6 is 23.4 Å². The molecule has 27 nitrogen and oxygen atoms in total. The number of esters is 10. The molecule has 0 N–H and O–H groups in total. The molecular formula is C75H83ClO27S. The van der Waals surface area contributed by atoms with Gasteiger partial charge in [0.2, 0.25) is 0 Å². The van der Waals surface area contributed by atoms with E-state index in [2.05, 4.69) is 0 Å². The van der Waals surface area contributed by atoms with Gasteiger partial charge in [0, 0.05) is 26.3 Å². The molecule has 29 heteroatoms. The molecular weight excluding hydrogens is 1400 g/mol. The Labute approximate surface area is 609 Å². The molecule has 4 heterocycles. The molecule has 0 saturated carbocycles. The van der Waals surface area contributed by atoms with Gasteiger partial charge in [-0.15, -0.1) is 23.4 Å². The van der Waals surface area contributed by atoms with Crippen molar-refractivity contribution in [1.29, 1.82) is 0 Å². The zero-order valence-corrected chi connectivity index (χ0v) is 59.9. The molecule has 16 atom stereocenters. The van der Waals surface area contributed by atoms with Gasteiger partial charge in [0.05, 0.1) is 59.5 Å². The third-order valence-corrected chi connectivity index (χ3v) is 18.3. The fourth-order valence-electron chi connectivity index (χ4n) is 11.5. The zero-order chi connectivity index (χ0) is 74.7. The van der Waals surface area contributed by atoms with Crippen LogP contribution in [0.2, 0.25) is 0 Å². The van der Waals surface area contributed by atoms with E-state index in [1.165, 1.54) is 90.1 Å². The van der Waals surface area contributed by atoms with E-state index in [4.69, 9.17) is 92.1 Å². The van der Waals surface area contributed by atoms with Gasteiger partial charge in [-0.2, -0.15) is 0 Å². The highest BCUT2D eigenvalue weighted by Gasteiger charge is 2.60. The van der Waals surface area contributed by atoms with E-state index in [9.17, 15) is 47.9 Å². The molecule has 4 fully saturated rings. The van der Waals surface area contributed by atoms with Gasteiger partial charge in [-0.25, -0.2) is 19.2 Å². The predicted molar refractivity (Wildman–Crippen MR) is 365 cm³/mol. The quantitative estimate of drug-likeness (QED) is 0.0235. The van der Waals surface area contributed by atoms with Crippen molar-refractivity contribution < 1.29 is 128 Å².